The molecule has 0 saturated carbocycles. The molecule has 120 valence electrons. The number of carbonyl (C=O) groups is 2. The van der Waals surface area contributed by atoms with Crippen molar-refractivity contribution in [2.75, 3.05) is 59.0 Å². The predicted octanol–water partition coefficient (Wildman–Crippen LogP) is -0.104. The molecule has 2 amide bonds. The maximum Gasteiger partial charge on any atom is 0.289 e. The fourth-order valence-corrected chi connectivity index (χ4v) is 2.77. The molecule has 7 nitrogen and oxygen atoms in total. The van der Waals surface area contributed by atoms with Gasteiger partial charge in [0.05, 0.1) is 26.0 Å². The number of nitrogens with zero attached hydrogens (tertiary/aromatic N) is 3. The van der Waals surface area contributed by atoms with Crippen LogP contribution in [0.4, 0.5) is 0 Å². The van der Waals surface area contributed by atoms with Crippen LogP contribution in [0.2, 0.25) is 0 Å². The van der Waals surface area contributed by atoms with Crippen LogP contribution in [0.15, 0.2) is 22.8 Å². The van der Waals surface area contributed by atoms with Crippen LogP contribution in [0.3, 0.4) is 0 Å². The fourth-order valence-electron chi connectivity index (χ4n) is 2.77. The molecule has 2 aliphatic rings. The Labute approximate surface area is 129 Å². The monoisotopic (exact) mass is 307 g/mol. The van der Waals surface area contributed by atoms with Crippen LogP contribution >= 0.6 is 0 Å². The second kappa shape index (κ2) is 6.93. The molecule has 7 heteroatoms. The highest BCUT2D eigenvalue weighted by Crippen LogP contribution is 2.10. The summed E-state index contributed by atoms with van der Waals surface area (Å²) >= 11 is 0. The summed E-state index contributed by atoms with van der Waals surface area (Å²) in [6.07, 6.45) is 1.50. The zero-order chi connectivity index (χ0) is 15.4. The first-order valence-corrected chi connectivity index (χ1v) is 7.65. The lowest BCUT2D eigenvalue weighted by atomic mass is 10.2. The van der Waals surface area contributed by atoms with E-state index in [1.54, 1.807) is 17.0 Å². The molecule has 3 heterocycles. The maximum atomic E-state index is 12.3. The second-order valence-corrected chi connectivity index (χ2v) is 5.54. The molecule has 0 atom stereocenters. The Kier molecular flexibility index (Phi) is 4.74. The van der Waals surface area contributed by atoms with Crippen molar-refractivity contribution in [2.45, 2.75) is 0 Å². The van der Waals surface area contributed by atoms with E-state index in [9.17, 15) is 9.59 Å². The third kappa shape index (κ3) is 3.48. The lowest BCUT2D eigenvalue weighted by Crippen LogP contribution is -2.53. The van der Waals surface area contributed by atoms with Crippen molar-refractivity contribution in [3.8, 4) is 0 Å². The van der Waals surface area contributed by atoms with Gasteiger partial charge in [0, 0.05) is 39.3 Å². The van der Waals surface area contributed by atoms with Crippen molar-refractivity contribution in [2.24, 2.45) is 0 Å². The lowest BCUT2D eigenvalue weighted by molar-refractivity contribution is -0.134. The van der Waals surface area contributed by atoms with E-state index in [0.717, 1.165) is 13.1 Å². The number of hydrogen-bond donors (Lipinski definition) is 0. The van der Waals surface area contributed by atoms with E-state index >= 15 is 0 Å². The normalized spacial score (nSPS) is 20.2. The van der Waals surface area contributed by atoms with E-state index in [4.69, 9.17) is 9.15 Å². The zero-order valence-corrected chi connectivity index (χ0v) is 12.6. The zero-order valence-electron chi connectivity index (χ0n) is 12.6. The average molecular weight is 307 g/mol. The Morgan fingerprint density at radius 1 is 1.00 bits per heavy atom. The van der Waals surface area contributed by atoms with Crippen molar-refractivity contribution in [1.29, 1.82) is 0 Å². The van der Waals surface area contributed by atoms with Gasteiger partial charge in [0.25, 0.3) is 5.91 Å². The van der Waals surface area contributed by atoms with Crippen LogP contribution in [0.1, 0.15) is 10.6 Å². The van der Waals surface area contributed by atoms with Gasteiger partial charge in [-0.1, -0.05) is 0 Å². The van der Waals surface area contributed by atoms with Crippen LogP contribution < -0.4 is 0 Å². The number of morpholine rings is 1. The highest BCUT2D eigenvalue weighted by molar-refractivity contribution is 5.91. The molecule has 0 aromatic carbocycles. The Hall–Kier alpha value is -1.86. The summed E-state index contributed by atoms with van der Waals surface area (Å²) in [6, 6.07) is 3.37. The minimum absolute atomic E-state index is 0.106. The maximum absolute atomic E-state index is 12.3. The SMILES string of the molecule is O=C(CN1CCOCC1)N1CCN(C(=O)c2ccco2)CC1. The molecule has 1 aromatic rings. The topological polar surface area (TPSA) is 66.2 Å². The second-order valence-electron chi connectivity index (χ2n) is 5.54. The molecule has 0 unspecified atom stereocenters. The summed E-state index contributed by atoms with van der Waals surface area (Å²) in [6.45, 7) is 5.70. The molecule has 3 rings (SSSR count). The molecule has 2 fully saturated rings. The van der Waals surface area contributed by atoms with E-state index in [1.165, 1.54) is 6.26 Å². The predicted molar refractivity (Wildman–Crippen MR) is 78.5 cm³/mol. The van der Waals surface area contributed by atoms with Gasteiger partial charge in [-0.2, -0.15) is 0 Å². The van der Waals surface area contributed by atoms with E-state index in [1.807, 2.05) is 4.90 Å². The number of carbonyl (C=O) groups excluding carboxylic acids is 2. The summed E-state index contributed by atoms with van der Waals surface area (Å²) < 4.78 is 10.4. The number of ether oxygens (including phenoxy) is 1. The van der Waals surface area contributed by atoms with Crippen LogP contribution in [-0.4, -0.2) is 85.5 Å². The van der Waals surface area contributed by atoms with Gasteiger partial charge in [-0.3, -0.25) is 14.5 Å². The van der Waals surface area contributed by atoms with Crippen molar-refractivity contribution in [3.05, 3.63) is 24.2 Å². The third-order valence-corrected chi connectivity index (χ3v) is 4.11. The van der Waals surface area contributed by atoms with Gasteiger partial charge in [0.1, 0.15) is 0 Å². The van der Waals surface area contributed by atoms with Crippen LogP contribution in [0.5, 0.6) is 0 Å². The molecule has 0 aliphatic carbocycles. The van der Waals surface area contributed by atoms with Crippen molar-refractivity contribution < 1.29 is 18.7 Å². The number of hydrogen-bond acceptors (Lipinski definition) is 5. The van der Waals surface area contributed by atoms with Gasteiger partial charge >= 0.3 is 0 Å². The molecule has 22 heavy (non-hydrogen) atoms. The number of piperazine rings is 1. The molecule has 2 saturated heterocycles. The van der Waals surface area contributed by atoms with E-state index < -0.39 is 0 Å². The van der Waals surface area contributed by atoms with Crippen LogP contribution in [0.25, 0.3) is 0 Å². The summed E-state index contributed by atoms with van der Waals surface area (Å²) in [5.41, 5.74) is 0. The first-order chi connectivity index (χ1) is 10.7. The van der Waals surface area contributed by atoms with Crippen molar-refractivity contribution >= 4 is 11.8 Å². The lowest BCUT2D eigenvalue weighted by Gasteiger charge is -2.36. The summed E-state index contributed by atoms with van der Waals surface area (Å²) in [4.78, 5) is 30.1. The van der Waals surface area contributed by atoms with Gasteiger partial charge in [0.15, 0.2) is 5.76 Å². The summed E-state index contributed by atoms with van der Waals surface area (Å²) in [7, 11) is 0. The largest absolute Gasteiger partial charge is 0.459 e. The Morgan fingerprint density at radius 3 is 2.32 bits per heavy atom. The molecule has 0 radical (unpaired) electrons. The van der Waals surface area contributed by atoms with E-state index in [-0.39, 0.29) is 11.8 Å². The molecule has 0 spiro atoms. The Balaban J connectivity index is 1.46. The minimum atomic E-state index is -0.106. The van der Waals surface area contributed by atoms with Gasteiger partial charge in [-0.25, -0.2) is 0 Å². The summed E-state index contributed by atoms with van der Waals surface area (Å²) in [5.74, 6) is 0.380. The van der Waals surface area contributed by atoms with Gasteiger partial charge in [0.2, 0.25) is 5.91 Å². The standard InChI is InChI=1S/C15H21N3O4/c19-14(12-16-7-10-21-11-8-16)17-3-5-18(6-4-17)15(20)13-2-1-9-22-13/h1-2,9H,3-8,10-12H2. The minimum Gasteiger partial charge on any atom is -0.459 e. The van der Waals surface area contributed by atoms with E-state index in [2.05, 4.69) is 4.90 Å². The van der Waals surface area contributed by atoms with Crippen molar-refractivity contribution in [1.82, 2.24) is 14.7 Å². The van der Waals surface area contributed by atoms with Gasteiger partial charge in [-0.05, 0) is 12.1 Å². The Morgan fingerprint density at radius 2 is 1.68 bits per heavy atom. The molecular weight excluding hydrogens is 286 g/mol. The van der Waals surface area contributed by atoms with Crippen molar-refractivity contribution in [3.63, 3.8) is 0 Å². The Bertz CT molecular complexity index is 503. The average Bonchev–Trinajstić information content (AvgIpc) is 3.10. The molecular formula is C15H21N3O4. The summed E-state index contributed by atoms with van der Waals surface area (Å²) in [5, 5.41) is 0. The van der Waals surface area contributed by atoms with E-state index in [0.29, 0.717) is 51.7 Å². The quantitative estimate of drug-likeness (QED) is 0.780. The smallest absolute Gasteiger partial charge is 0.289 e. The number of rotatable bonds is 3. The highest BCUT2D eigenvalue weighted by Gasteiger charge is 2.27. The third-order valence-electron chi connectivity index (χ3n) is 4.11. The molecule has 0 N–H and O–H groups in total. The fraction of sp³-hybridized carbons (Fsp3) is 0.600. The van der Waals surface area contributed by atoms with Gasteiger partial charge in [-0.15, -0.1) is 0 Å². The number of amides is 2. The molecule has 2 aliphatic heterocycles. The van der Waals surface area contributed by atoms with Crippen LogP contribution in [-0.2, 0) is 9.53 Å². The van der Waals surface area contributed by atoms with Gasteiger partial charge < -0.3 is 19.0 Å². The first kappa shape index (κ1) is 15.1. The molecule has 0 bridgehead atoms. The highest BCUT2D eigenvalue weighted by atomic mass is 16.5. The van der Waals surface area contributed by atoms with Crippen LogP contribution in [0, 0.1) is 0 Å². The first-order valence-electron chi connectivity index (χ1n) is 7.65. The molecule has 1 aromatic heterocycles. The number of furan rings is 1.